The summed E-state index contributed by atoms with van der Waals surface area (Å²) in [6, 6.07) is 13.5. The van der Waals surface area contributed by atoms with Gasteiger partial charge in [0.2, 0.25) is 5.91 Å². The normalized spacial score (nSPS) is 10.4. The van der Waals surface area contributed by atoms with Crippen molar-refractivity contribution in [3.05, 3.63) is 59.2 Å². The van der Waals surface area contributed by atoms with Gasteiger partial charge < -0.3 is 15.2 Å². The molecule has 2 rings (SSSR count). The lowest BCUT2D eigenvalue weighted by Crippen LogP contribution is -2.15. The third-order valence-corrected chi connectivity index (χ3v) is 3.56. The minimum absolute atomic E-state index is 0.0790. The molecule has 0 atom stereocenters. The highest BCUT2D eigenvalue weighted by molar-refractivity contribution is 5.90. The molecule has 2 aromatic rings. The van der Waals surface area contributed by atoms with Crippen molar-refractivity contribution in [1.82, 2.24) is 0 Å². The summed E-state index contributed by atoms with van der Waals surface area (Å²) in [6.07, 6.45) is 0.920. The number of ether oxygens (including phenoxy) is 1. The van der Waals surface area contributed by atoms with Gasteiger partial charge in [-0.25, -0.2) is 0 Å². The molecule has 2 aromatic carbocycles. The minimum Gasteiger partial charge on any atom is -0.493 e. The van der Waals surface area contributed by atoms with E-state index < -0.39 is 0 Å². The number of amides is 1. The zero-order chi connectivity index (χ0) is 16.7. The van der Waals surface area contributed by atoms with Gasteiger partial charge in [0.15, 0.2) is 0 Å². The summed E-state index contributed by atoms with van der Waals surface area (Å²) in [5.41, 5.74) is 4.06. The van der Waals surface area contributed by atoms with Crippen molar-refractivity contribution >= 4 is 11.6 Å². The summed E-state index contributed by atoms with van der Waals surface area (Å²) >= 11 is 0. The third-order valence-electron chi connectivity index (χ3n) is 3.56. The monoisotopic (exact) mass is 313 g/mol. The number of anilines is 1. The smallest absolute Gasteiger partial charge is 0.227 e. The first-order valence-electron chi connectivity index (χ1n) is 7.78. The van der Waals surface area contributed by atoms with E-state index in [1.807, 2.05) is 50.2 Å². The molecule has 2 N–H and O–H groups in total. The molecular weight excluding hydrogens is 290 g/mol. The first-order chi connectivity index (χ1) is 11.1. The Kier molecular flexibility index (Phi) is 6.18. The van der Waals surface area contributed by atoms with E-state index in [4.69, 9.17) is 9.84 Å². The van der Waals surface area contributed by atoms with Crippen molar-refractivity contribution in [1.29, 1.82) is 0 Å². The fourth-order valence-electron chi connectivity index (χ4n) is 2.32. The van der Waals surface area contributed by atoms with E-state index in [9.17, 15) is 4.79 Å². The van der Waals surface area contributed by atoms with Crippen LogP contribution in [-0.4, -0.2) is 24.2 Å². The van der Waals surface area contributed by atoms with Gasteiger partial charge in [-0.1, -0.05) is 29.8 Å². The van der Waals surface area contributed by atoms with Gasteiger partial charge in [0, 0.05) is 12.3 Å². The molecule has 0 aliphatic carbocycles. The topological polar surface area (TPSA) is 58.6 Å². The summed E-state index contributed by atoms with van der Waals surface area (Å²) < 4.78 is 5.66. The first kappa shape index (κ1) is 17.0. The number of aliphatic hydroxyl groups excluding tert-OH is 1. The van der Waals surface area contributed by atoms with Crippen molar-refractivity contribution in [2.75, 3.05) is 18.5 Å². The maximum absolute atomic E-state index is 11.9. The second-order valence-electron chi connectivity index (χ2n) is 5.59. The van der Waals surface area contributed by atoms with Crippen LogP contribution in [-0.2, 0) is 11.2 Å². The van der Waals surface area contributed by atoms with Gasteiger partial charge in [-0.2, -0.15) is 0 Å². The predicted octanol–water partition coefficient (Wildman–Crippen LogP) is 3.25. The Hall–Kier alpha value is -2.33. The third kappa shape index (κ3) is 5.42. The van der Waals surface area contributed by atoms with Gasteiger partial charge in [0.25, 0.3) is 0 Å². The van der Waals surface area contributed by atoms with Crippen LogP contribution in [0.5, 0.6) is 5.75 Å². The minimum atomic E-state index is -0.0790. The second kappa shape index (κ2) is 8.34. The quantitative estimate of drug-likeness (QED) is 0.825. The van der Waals surface area contributed by atoms with Gasteiger partial charge >= 0.3 is 0 Å². The van der Waals surface area contributed by atoms with Crippen LogP contribution in [0.15, 0.2) is 42.5 Å². The Morgan fingerprint density at radius 2 is 1.87 bits per heavy atom. The summed E-state index contributed by atoms with van der Waals surface area (Å²) in [6.45, 7) is 4.51. The zero-order valence-corrected chi connectivity index (χ0v) is 13.6. The highest BCUT2D eigenvalue weighted by Gasteiger charge is 2.05. The molecule has 122 valence electrons. The number of aliphatic hydroxyl groups is 1. The number of benzene rings is 2. The molecule has 1 amide bonds. The first-order valence-corrected chi connectivity index (χ1v) is 7.78. The molecule has 0 saturated heterocycles. The van der Waals surface area contributed by atoms with Crippen LogP contribution in [0.4, 0.5) is 5.69 Å². The van der Waals surface area contributed by atoms with Gasteiger partial charge in [-0.3, -0.25) is 4.79 Å². The van der Waals surface area contributed by atoms with Crippen LogP contribution in [0.3, 0.4) is 0 Å². The number of carbonyl (C=O) groups is 1. The Bertz CT molecular complexity index is 650. The van der Waals surface area contributed by atoms with Crippen molar-refractivity contribution in [2.24, 2.45) is 0 Å². The van der Waals surface area contributed by atoms with Gasteiger partial charge in [-0.05, 0) is 49.6 Å². The van der Waals surface area contributed by atoms with Crippen LogP contribution in [0.25, 0.3) is 0 Å². The second-order valence-corrected chi connectivity index (χ2v) is 5.59. The molecule has 0 spiro atoms. The van der Waals surface area contributed by atoms with Crippen molar-refractivity contribution in [3.8, 4) is 5.75 Å². The molecule has 0 aromatic heterocycles. The largest absolute Gasteiger partial charge is 0.493 e. The molecule has 23 heavy (non-hydrogen) atoms. The predicted molar refractivity (Wildman–Crippen MR) is 91.9 cm³/mol. The van der Waals surface area contributed by atoms with Crippen molar-refractivity contribution in [3.63, 3.8) is 0 Å². The van der Waals surface area contributed by atoms with E-state index in [0.717, 1.165) is 22.6 Å². The molecule has 0 radical (unpaired) electrons. The van der Waals surface area contributed by atoms with E-state index >= 15 is 0 Å². The summed E-state index contributed by atoms with van der Waals surface area (Å²) in [7, 11) is 0. The van der Waals surface area contributed by atoms with Crippen molar-refractivity contribution < 1.29 is 14.6 Å². The molecule has 0 unspecified atom stereocenters. The Morgan fingerprint density at radius 1 is 1.13 bits per heavy atom. The maximum Gasteiger partial charge on any atom is 0.227 e. The summed E-state index contributed by atoms with van der Waals surface area (Å²) in [5.74, 6) is 0.737. The number of hydrogen-bond acceptors (Lipinski definition) is 3. The lowest BCUT2D eigenvalue weighted by atomic mass is 10.1. The number of nitrogens with one attached hydrogen (secondary N) is 1. The molecule has 4 nitrogen and oxygen atoms in total. The summed E-state index contributed by atoms with van der Waals surface area (Å²) in [5, 5.41) is 11.7. The molecule has 0 saturated carbocycles. The molecule has 0 heterocycles. The molecule has 0 aliphatic rings. The SMILES string of the molecule is Cc1ccc(OCCC(=O)Nc2ccc(CCO)cc2)c(C)c1. The number of hydrogen-bond donors (Lipinski definition) is 2. The van der Waals surface area contributed by atoms with Crippen LogP contribution in [0.2, 0.25) is 0 Å². The number of carbonyl (C=O) groups excluding carboxylic acids is 1. The Labute approximate surface area is 137 Å². The van der Waals surface area contributed by atoms with Crippen LogP contribution >= 0.6 is 0 Å². The van der Waals surface area contributed by atoms with E-state index in [-0.39, 0.29) is 12.5 Å². The highest BCUT2D eigenvalue weighted by atomic mass is 16.5. The molecule has 0 fully saturated rings. The molecule has 0 bridgehead atoms. The fraction of sp³-hybridized carbons (Fsp3) is 0.316. The van der Waals surface area contributed by atoms with Gasteiger partial charge in [0.05, 0.1) is 13.0 Å². The Morgan fingerprint density at radius 3 is 2.52 bits per heavy atom. The zero-order valence-electron chi connectivity index (χ0n) is 13.6. The maximum atomic E-state index is 11.9. The van der Waals surface area contributed by atoms with Gasteiger partial charge in [-0.15, -0.1) is 0 Å². The average molecular weight is 313 g/mol. The van der Waals surface area contributed by atoms with Crippen molar-refractivity contribution in [2.45, 2.75) is 26.7 Å². The Balaban J connectivity index is 1.78. The molecule has 4 heteroatoms. The van der Waals surface area contributed by atoms with Crippen LogP contribution in [0, 0.1) is 13.8 Å². The lowest BCUT2D eigenvalue weighted by Gasteiger charge is -2.10. The van der Waals surface area contributed by atoms with E-state index in [1.54, 1.807) is 0 Å². The van der Waals surface area contributed by atoms with Crippen LogP contribution in [0.1, 0.15) is 23.1 Å². The molecular formula is C19H23NO3. The van der Waals surface area contributed by atoms with E-state index in [1.165, 1.54) is 5.56 Å². The molecule has 0 aliphatic heterocycles. The lowest BCUT2D eigenvalue weighted by molar-refractivity contribution is -0.116. The summed E-state index contributed by atoms with van der Waals surface area (Å²) in [4.78, 5) is 11.9. The number of aryl methyl sites for hydroxylation is 2. The highest BCUT2D eigenvalue weighted by Crippen LogP contribution is 2.19. The van der Waals surface area contributed by atoms with Crippen LogP contribution < -0.4 is 10.1 Å². The van der Waals surface area contributed by atoms with E-state index in [0.29, 0.717) is 19.4 Å². The average Bonchev–Trinajstić information content (AvgIpc) is 2.52. The fourth-order valence-corrected chi connectivity index (χ4v) is 2.32. The van der Waals surface area contributed by atoms with Gasteiger partial charge in [0.1, 0.15) is 5.75 Å². The standard InChI is InChI=1S/C19H23NO3/c1-14-3-8-18(15(2)13-14)23-12-10-19(22)20-17-6-4-16(5-7-17)9-11-21/h3-8,13,21H,9-12H2,1-2H3,(H,20,22). The number of rotatable bonds is 7. The van der Waals surface area contributed by atoms with E-state index in [2.05, 4.69) is 11.4 Å².